The summed E-state index contributed by atoms with van der Waals surface area (Å²) in [7, 11) is 0. The van der Waals surface area contributed by atoms with Gasteiger partial charge in [0.15, 0.2) is 0 Å². The summed E-state index contributed by atoms with van der Waals surface area (Å²) >= 11 is 0. The van der Waals surface area contributed by atoms with Crippen LogP contribution >= 0.6 is 0 Å². The van der Waals surface area contributed by atoms with Gasteiger partial charge in [0.25, 0.3) is 0 Å². The minimum Gasteiger partial charge on any atom is -0.462 e. The number of aryl methyl sites for hydroxylation is 1. The van der Waals surface area contributed by atoms with Crippen LogP contribution in [0.1, 0.15) is 28.9 Å². The van der Waals surface area contributed by atoms with Gasteiger partial charge in [-0.2, -0.15) is 13.2 Å². The smallest absolute Gasteiger partial charge is 0.451 e. The number of alkyl halides is 3. The second-order valence-electron chi connectivity index (χ2n) is 3.98. The first-order chi connectivity index (χ1) is 9.84. The Kier molecular flexibility index (Phi) is 3.92. The fourth-order valence-electron chi connectivity index (χ4n) is 1.61. The lowest BCUT2D eigenvalue weighted by Crippen LogP contribution is -2.11. The Balaban J connectivity index is 2.41. The lowest BCUT2D eigenvalue weighted by Gasteiger charge is -2.05. The molecule has 0 spiro atoms. The van der Waals surface area contributed by atoms with E-state index >= 15 is 0 Å². The Hall–Kier alpha value is -2.45. The molecule has 0 aliphatic heterocycles. The zero-order valence-electron chi connectivity index (χ0n) is 11.1. The second-order valence-corrected chi connectivity index (χ2v) is 3.98. The molecule has 0 atom stereocenters. The number of carbonyl (C=O) groups is 1. The van der Waals surface area contributed by atoms with Gasteiger partial charge in [-0.05, 0) is 13.8 Å². The zero-order chi connectivity index (χ0) is 15.6. The lowest BCUT2D eigenvalue weighted by molar-refractivity contribution is -0.144. The number of halogens is 3. The predicted octanol–water partition coefficient (Wildman–Crippen LogP) is 2.64. The van der Waals surface area contributed by atoms with Crippen LogP contribution in [0.25, 0.3) is 11.3 Å². The molecule has 0 radical (unpaired) electrons. The average Bonchev–Trinajstić information content (AvgIpc) is 2.80. The van der Waals surface area contributed by atoms with Crippen molar-refractivity contribution in [3.63, 3.8) is 0 Å². The monoisotopic (exact) mass is 301 g/mol. The molecule has 0 saturated carbocycles. The minimum absolute atomic E-state index is 0.0414. The maximum absolute atomic E-state index is 12.4. The first-order valence-electron chi connectivity index (χ1n) is 5.87. The van der Waals surface area contributed by atoms with Crippen molar-refractivity contribution in [3.05, 3.63) is 29.5 Å². The Morgan fingerprint density at radius 2 is 1.95 bits per heavy atom. The average molecular weight is 301 g/mol. The summed E-state index contributed by atoms with van der Waals surface area (Å²) < 4.78 is 46.9. The van der Waals surface area contributed by atoms with Gasteiger partial charge in [0, 0.05) is 18.0 Å². The maximum Gasteiger partial charge on any atom is 0.451 e. The summed E-state index contributed by atoms with van der Waals surface area (Å²) in [6, 6.07) is 0. The summed E-state index contributed by atoms with van der Waals surface area (Å²) in [5, 5.41) is 3.64. The molecule has 0 bridgehead atoms. The largest absolute Gasteiger partial charge is 0.462 e. The third-order valence-corrected chi connectivity index (χ3v) is 2.52. The number of rotatable bonds is 3. The highest BCUT2D eigenvalue weighted by atomic mass is 19.4. The molecule has 21 heavy (non-hydrogen) atoms. The molecule has 0 saturated heterocycles. The molecular formula is C12H10F3N3O3. The molecule has 0 amide bonds. The molecule has 0 aromatic carbocycles. The Bertz CT molecular complexity index is 650. The highest BCUT2D eigenvalue weighted by Crippen LogP contribution is 2.28. The number of aromatic nitrogens is 3. The van der Waals surface area contributed by atoms with Gasteiger partial charge in [-0.1, -0.05) is 5.16 Å². The van der Waals surface area contributed by atoms with Crippen molar-refractivity contribution in [2.24, 2.45) is 0 Å². The Morgan fingerprint density at radius 1 is 1.33 bits per heavy atom. The topological polar surface area (TPSA) is 78.1 Å². The molecule has 6 nitrogen and oxygen atoms in total. The van der Waals surface area contributed by atoms with Crippen molar-refractivity contribution >= 4 is 5.97 Å². The lowest BCUT2D eigenvalue weighted by atomic mass is 10.1. The summed E-state index contributed by atoms with van der Waals surface area (Å²) in [6.07, 6.45) is -2.78. The van der Waals surface area contributed by atoms with Crippen LogP contribution in [-0.4, -0.2) is 27.7 Å². The van der Waals surface area contributed by atoms with Gasteiger partial charge in [-0.15, -0.1) is 0 Å². The number of ether oxygens (including phenoxy) is 1. The predicted molar refractivity (Wildman–Crippen MR) is 63.2 cm³/mol. The fourth-order valence-corrected chi connectivity index (χ4v) is 1.61. The number of nitrogens with zero attached hydrogens (tertiary/aromatic N) is 3. The van der Waals surface area contributed by atoms with E-state index in [9.17, 15) is 18.0 Å². The van der Waals surface area contributed by atoms with E-state index in [4.69, 9.17) is 9.26 Å². The molecular weight excluding hydrogens is 291 g/mol. The van der Waals surface area contributed by atoms with Gasteiger partial charge < -0.3 is 9.26 Å². The van der Waals surface area contributed by atoms with E-state index in [0.717, 1.165) is 12.4 Å². The van der Waals surface area contributed by atoms with Crippen LogP contribution in [0.2, 0.25) is 0 Å². The second kappa shape index (κ2) is 5.51. The van der Waals surface area contributed by atoms with Gasteiger partial charge in [0.2, 0.25) is 5.82 Å². The zero-order valence-corrected chi connectivity index (χ0v) is 11.1. The number of hydrogen-bond acceptors (Lipinski definition) is 6. The third-order valence-electron chi connectivity index (χ3n) is 2.52. The Morgan fingerprint density at radius 3 is 2.48 bits per heavy atom. The SMILES string of the molecule is CCOC(=O)c1c(-c2cnc(C(F)(F)F)nc2)noc1C. The molecule has 2 heterocycles. The van der Waals surface area contributed by atoms with Crippen molar-refractivity contribution in [3.8, 4) is 11.3 Å². The highest BCUT2D eigenvalue weighted by Gasteiger charge is 2.34. The van der Waals surface area contributed by atoms with E-state index in [1.54, 1.807) is 6.92 Å². The van der Waals surface area contributed by atoms with E-state index < -0.39 is 18.0 Å². The van der Waals surface area contributed by atoms with Gasteiger partial charge in [0.1, 0.15) is 17.0 Å². The van der Waals surface area contributed by atoms with Crippen molar-refractivity contribution in [1.29, 1.82) is 0 Å². The van der Waals surface area contributed by atoms with Crippen LogP contribution in [0.5, 0.6) is 0 Å². The number of carbonyl (C=O) groups excluding carboxylic acids is 1. The van der Waals surface area contributed by atoms with Crippen LogP contribution in [0.15, 0.2) is 16.9 Å². The molecule has 9 heteroatoms. The summed E-state index contributed by atoms with van der Waals surface area (Å²) in [5.41, 5.74) is 0.211. The van der Waals surface area contributed by atoms with Gasteiger partial charge in [-0.25, -0.2) is 14.8 Å². The standard InChI is InChI=1S/C12H10F3N3O3/c1-3-20-10(19)8-6(2)21-18-9(8)7-4-16-11(17-5-7)12(13,14)15/h4-5H,3H2,1-2H3. The molecule has 2 aromatic heterocycles. The quantitative estimate of drug-likeness (QED) is 0.811. The van der Waals surface area contributed by atoms with Crippen LogP contribution in [-0.2, 0) is 10.9 Å². The van der Waals surface area contributed by atoms with E-state index in [2.05, 4.69) is 15.1 Å². The molecule has 2 aromatic rings. The molecule has 0 fully saturated rings. The van der Waals surface area contributed by atoms with Gasteiger partial charge in [0.05, 0.1) is 6.61 Å². The summed E-state index contributed by atoms with van der Waals surface area (Å²) in [6.45, 7) is 3.27. The molecule has 2 rings (SSSR count). The van der Waals surface area contributed by atoms with Crippen LogP contribution < -0.4 is 0 Å². The van der Waals surface area contributed by atoms with Crippen molar-refractivity contribution in [2.75, 3.05) is 6.61 Å². The van der Waals surface area contributed by atoms with E-state index in [-0.39, 0.29) is 29.2 Å². The normalized spacial score (nSPS) is 11.5. The molecule has 0 aliphatic carbocycles. The minimum atomic E-state index is -4.64. The first-order valence-corrected chi connectivity index (χ1v) is 5.87. The highest BCUT2D eigenvalue weighted by molar-refractivity contribution is 5.96. The Labute approximate surface area is 116 Å². The van der Waals surface area contributed by atoms with Crippen molar-refractivity contribution < 1.29 is 27.2 Å². The van der Waals surface area contributed by atoms with E-state index in [1.807, 2.05) is 0 Å². The van der Waals surface area contributed by atoms with E-state index in [1.165, 1.54) is 6.92 Å². The van der Waals surface area contributed by atoms with Gasteiger partial charge >= 0.3 is 12.1 Å². The maximum atomic E-state index is 12.4. The summed E-state index contributed by atoms with van der Waals surface area (Å²) in [5.74, 6) is -1.75. The number of hydrogen-bond donors (Lipinski definition) is 0. The van der Waals surface area contributed by atoms with Crippen LogP contribution in [0.4, 0.5) is 13.2 Å². The third kappa shape index (κ3) is 3.01. The van der Waals surface area contributed by atoms with Crippen molar-refractivity contribution in [1.82, 2.24) is 15.1 Å². The molecule has 0 aliphatic rings. The van der Waals surface area contributed by atoms with Crippen LogP contribution in [0.3, 0.4) is 0 Å². The van der Waals surface area contributed by atoms with Crippen LogP contribution in [0, 0.1) is 6.92 Å². The molecule has 0 unspecified atom stereocenters. The van der Waals surface area contributed by atoms with Crippen molar-refractivity contribution in [2.45, 2.75) is 20.0 Å². The summed E-state index contributed by atoms with van der Waals surface area (Å²) in [4.78, 5) is 18.2. The molecule has 112 valence electrons. The first kappa shape index (κ1) is 14.9. The molecule has 0 N–H and O–H groups in total. The van der Waals surface area contributed by atoms with Gasteiger partial charge in [-0.3, -0.25) is 0 Å². The number of esters is 1. The fraction of sp³-hybridized carbons (Fsp3) is 0.333. The van der Waals surface area contributed by atoms with E-state index in [0.29, 0.717) is 0 Å².